The summed E-state index contributed by atoms with van der Waals surface area (Å²) < 4.78 is 5.34. The molecule has 2 aromatic carbocycles. The number of hydrogen-bond acceptors (Lipinski definition) is 2. The van der Waals surface area contributed by atoms with Crippen LogP contribution in [0, 0.1) is 0 Å². The second-order valence-corrected chi connectivity index (χ2v) is 3.86. The summed E-state index contributed by atoms with van der Waals surface area (Å²) in [7, 11) is 3.25. The van der Waals surface area contributed by atoms with Crippen LogP contribution in [0.2, 0.25) is 0 Å². The van der Waals surface area contributed by atoms with E-state index in [0.717, 1.165) is 16.9 Å². The number of ether oxygens (including phenoxy) is 1. The van der Waals surface area contributed by atoms with Crippen LogP contribution in [0.1, 0.15) is 10.4 Å². The van der Waals surface area contributed by atoms with Crippen LogP contribution in [0.5, 0.6) is 5.75 Å². The molecular weight excluding hydrogens is 226 g/mol. The lowest BCUT2D eigenvalue weighted by Crippen LogP contribution is -2.17. The minimum atomic E-state index is -0.102. The standard InChI is InChI=1S/C15H15NO2/c1-16-15(17)12-8-9-14(18-2)13(10-12)11-6-4-3-5-7-11/h3-10H,1-2H3,(H,16,17). The second kappa shape index (κ2) is 5.36. The summed E-state index contributed by atoms with van der Waals surface area (Å²) in [5.74, 6) is 0.656. The van der Waals surface area contributed by atoms with E-state index in [1.807, 2.05) is 42.5 Å². The van der Waals surface area contributed by atoms with Gasteiger partial charge in [0.15, 0.2) is 0 Å². The molecule has 0 bridgehead atoms. The van der Waals surface area contributed by atoms with Crippen molar-refractivity contribution < 1.29 is 9.53 Å². The Hall–Kier alpha value is -2.29. The smallest absolute Gasteiger partial charge is 0.251 e. The van der Waals surface area contributed by atoms with E-state index in [2.05, 4.69) is 5.32 Å². The van der Waals surface area contributed by atoms with Crippen molar-refractivity contribution in [2.75, 3.05) is 14.2 Å². The normalized spacial score (nSPS) is 9.89. The summed E-state index contributed by atoms with van der Waals surface area (Å²) in [6, 6.07) is 15.3. The molecular formula is C15H15NO2. The van der Waals surface area contributed by atoms with Crippen molar-refractivity contribution in [2.24, 2.45) is 0 Å². The fourth-order valence-corrected chi connectivity index (χ4v) is 1.84. The van der Waals surface area contributed by atoms with Gasteiger partial charge in [-0.05, 0) is 23.8 Å². The van der Waals surface area contributed by atoms with E-state index in [0.29, 0.717) is 5.56 Å². The summed E-state index contributed by atoms with van der Waals surface area (Å²) in [5.41, 5.74) is 2.57. The molecule has 0 atom stereocenters. The van der Waals surface area contributed by atoms with Gasteiger partial charge in [0, 0.05) is 18.2 Å². The van der Waals surface area contributed by atoms with Crippen LogP contribution in [0.25, 0.3) is 11.1 Å². The van der Waals surface area contributed by atoms with Crippen LogP contribution in [-0.2, 0) is 0 Å². The number of carbonyl (C=O) groups excluding carboxylic acids is 1. The monoisotopic (exact) mass is 241 g/mol. The highest BCUT2D eigenvalue weighted by atomic mass is 16.5. The Morgan fingerprint density at radius 3 is 2.44 bits per heavy atom. The van der Waals surface area contributed by atoms with Crippen LogP contribution < -0.4 is 10.1 Å². The van der Waals surface area contributed by atoms with Gasteiger partial charge in [0.2, 0.25) is 0 Å². The van der Waals surface area contributed by atoms with Gasteiger partial charge >= 0.3 is 0 Å². The summed E-state index contributed by atoms with van der Waals surface area (Å²) >= 11 is 0. The van der Waals surface area contributed by atoms with E-state index < -0.39 is 0 Å². The van der Waals surface area contributed by atoms with Crippen molar-refractivity contribution in [2.45, 2.75) is 0 Å². The van der Waals surface area contributed by atoms with Gasteiger partial charge in [-0.2, -0.15) is 0 Å². The Kier molecular flexibility index (Phi) is 3.63. The molecule has 3 heteroatoms. The van der Waals surface area contributed by atoms with E-state index in [9.17, 15) is 4.79 Å². The quantitative estimate of drug-likeness (QED) is 0.897. The van der Waals surface area contributed by atoms with Crippen LogP contribution in [0.3, 0.4) is 0 Å². The fraction of sp³-hybridized carbons (Fsp3) is 0.133. The average molecular weight is 241 g/mol. The third kappa shape index (κ3) is 2.35. The molecule has 0 unspecified atom stereocenters. The zero-order valence-electron chi connectivity index (χ0n) is 10.4. The van der Waals surface area contributed by atoms with Crippen molar-refractivity contribution in [1.82, 2.24) is 5.32 Å². The van der Waals surface area contributed by atoms with Gasteiger partial charge in [0.1, 0.15) is 5.75 Å². The van der Waals surface area contributed by atoms with Gasteiger partial charge in [0.25, 0.3) is 5.91 Å². The van der Waals surface area contributed by atoms with E-state index in [-0.39, 0.29) is 5.91 Å². The molecule has 0 heterocycles. The number of rotatable bonds is 3. The molecule has 1 N–H and O–H groups in total. The van der Waals surface area contributed by atoms with Crippen LogP contribution >= 0.6 is 0 Å². The summed E-state index contributed by atoms with van der Waals surface area (Å²) in [6.45, 7) is 0. The Morgan fingerprint density at radius 1 is 1.11 bits per heavy atom. The predicted octanol–water partition coefficient (Wildman–Crippen LogP) is 2.72. The van der Waals surface area contributed by atoms with Gasteiger partial charge in [-0.3, -0.25) is 4.79 Å². The first-order valence-corrected chi connectivity index (χ1v) is 5.72. The summed E-state index contributed by atoms with van der Waals surface area (Å²) in [6.07, 6.45) is 0. The van der Waals surface area contributed by atoms with Crippen molar-refractivity contribution in [3.8, 4) is 16.9 Å². The highest BCUT2D eigenvalue weighted by Crippen LogP contribution is 2.30. The van der Waals surface area contributed by atoms with E-state index >= 15 is 0 Å². The summed E-state index contributed by atoms with van der Waals surface area (Å²) in [5, 5.41) is 2.62. The molecule has 0 aliphatic rings. The molecule has 0 aliphatic heterocycles. The molecule has 1 amide bonds. The number of amides is 1. The third-order valence-electron chi connectivity index (χ3n) is 2.77. The van der Waals surface area contributed by atoms with E-state index in [1.54, 1.807) is 20.2 Å². The maximum absolute atomic E-state index is 11.6. The highest BCUT2D eigenvalue weighted by Gasteiger charge is 2.10. The summed E-state index contributed by atoms with van der Waals surface area (Å²) in [4.78, 5) is 11.6. The van der Waals surface area contributed by atoms with Gasteiger partial charge < -0.3 is 10.1 Å². The molecule has 0 aliphatic carbocycles. The van der Waals surface area contributed by atoms with Crippen molar-refractivity contribution in [3.05, 3.63) is 54.1 Å². The number of carbonyl (C=O) groups is 1. The van der Waals surface area contributed by atoms with Gasteiger partial charge in [-0.1, -0.05) is 30.3 Å². The molecule has 18 heavy (non-hydrogen) atoms. The molecule has 92 valence electrons. The first kappa shape index (κ1) is 12.2. The van der Waals surface area contributed by atoms with Gasteiger partial charge in [-0.25, -0.2) is 0 Å². The number of benzene rings is 2. The molecule has 0 radical (unpaired) electrons. The Labute approximate surface area is 106 Å². The van der Waals surface area contributed by atoms with Crippen LogP contribution in [-0.4, -0.2) is 20.1 Å². The Bertz CT molecular complexity index is 550. The Morgan fingerprint density at radius 2 is 1.83 bits per heavy atom. The van der Waals surface area contributed by atoms with Gasteiger partial charge in [0.05, 0.1) is 7.11 Å². The molecule has 3 nitrogen and oxygen atoms in total. The SMILES string of the molecule is CNC(=O)c1ccc(OC)c(-c2ccccc2)c1. The van der Waals surface area contributed by atoms with Crippen LogP contribution in [0.4, 0.5) is 0 Å². The van der Waals surface area contributed by atoms with E-state index in [4.69, 9.17) is 4.74 Å². The fourth-order valence-electron chi connectivity index (χ4n) is 1.84. The predicted molar refractivity (Wildman–Crippen MR) is 71.8 cm³/mol. The molecule has 0 saturated carbocycles. The number of nitrogens with one attached hydrogen (secondary N) is 1. The van der Waals surface area contributed by atoms with Crippen molar-refractivity contribution in [3.63, 3.8) is 0 Å². The first-order valence-electron chi connectivity index (χ1n) is 5.72. The van der Waals surface area contributed by atoms with E-state index in [1.165, 1.54) is 0 Å². The average Bonchev–Trinajstić information content (AvgIpc) is 2.46. The lowest BCUT2D eigenvalue weighted by molar-refractivity contribution is 0.0963. The first-order chi connectivity index (χ1) is 8.76. The lowest BCUT2D eigenvalue weighted by atomic mass is 10.0. The second-order valence-electron chi connectivity index (χ2n) is 3.86. The maximum atomic E-state index is 11.6. The minimum Gasteiger partial charge on any atom is -0.496 e. The molecule has 2 aromatic rings. The van der Waals surface area contributed by atoms with Crippen molar-refractivity contribution >= 4 is 5.91 Å². The molecule has 0 saturated heterocycles. The topological polar surface area (TPSA) is 38.3 Å². The van der Waals surface area contributed by atoms with Crippen LogP contribution in [0.15, 0.2) is 48.5 Å². The number of hydrogen-bond donors (Lipinski definition) is 1. The molecule has 0 spiro atoms. The molecule has 0 aromatic heterocycles. The van der Waals surface area contributed by atoms with Gasteiger partial charge in [-0.15, -0.1) is 0 Å². The zero-order valence-corrected chi connectivity index (χ0v) is 10.4. The third-order valence-corrected chi connectivity index (χ3v) is 2.77. The highest BCUT2D eigenvalue weighted by molar-refractivity contribution is 5.95. The molecule has 2 rings (SSSR count). The zero-order chi connectivity index (χ0) is 13.0. The Balaban J connectivity index is 2.53. The molecule has 0 fully saturated rings. The minimum absolute atomic E-state index is 0.102. The largest absolute Gasteiger partial charge is 0.496 e. The van der Waals surface area contributed by atoms with Crippen molar-refractivity contribution in [1.29, 1.82) is 0 Å². The lowest BCUT2D eigenvalue weighted by Gasteiger charge is -2.10. The maximum Gasteiger partial charge on any atom is 0.251 e. The number of methoxy groups -OCH3 is 1.